The van der Waals surface area contributed by atoms with Crippen LogP contribution in [0.25, 0.3) is 5.65 Å². The largest absolute Gasteiger partial charge is 0.296 e. The zero-order valence-corrected chi connectivity index (χ0v) is 15.6. The Morgan fingerprint density at radius 2 is 1.77 bits per heavy atom. The van der Waals surface area contributed by atoms with Crippen LogP contribution < -0.4 is 0 Å². The van der Waals surface area contributed by atoms with E-state index in [0.29, 0.717) is 5.92 Å². The fraction of sp³-hybridized carbons (Fsp3) is 0.526. The van der Waals surface area contributed by atoms with Gasteiger partial charge in [0.15, 0.2) is 11.5 Å². The normalized spacial score (nSPS) is 17.0. The van der Waals surface area contributed by atoms with Crippen LogP contribution in [0.1, 0.15) is 56.9 Å². The molecule has 7 heteroatoms. The molecular weight excluding hydrogens is 326 g/mol. The maximum absolute atomic E-state index is 4.83. The minimum atomic E-state index is 0.00871. The van der Waals surface area contributed by atoms with Crippen molar-refractivity contribution in [3.63, 3.8) is 0 Å². The molecule has 3 aromatic rings. The van der Waals surface area contributed by atoms with Crippen molar-refractivity contribution in [2.24, 2.45) is 0 Å². The number of nitrogens with zero attached hydrogens (tertiary/aromatic N) is 7. The van der Waals surface area contributed by atoms with Gasteiger partial charge in [0.05, 0.1) is 12.2 Å². The molecule has 0 radical (unpaired) electrons. The summed E-state index contributed by atoms with van der Waals surface area (Å²) in [7, 11) is 0. The van der Waals surface area contributed by atoms with Gasteiger partial charge in [0.25, 0.3) is 0 Å². The minimum absolute atomic E-state index is 0.00871. The van der Waals surface area contributed by atoms with Crippen LogP contribution in [-0.4, -0.2) is 47.8 Å². The second kappa shape index (κ2) is 6.72. The molecule has 1 aliphatic heterocycles. The Morgan fingerprint density at radius 1 is 1.04 bits per heavy atom. The highest BCUT2D eigenvalue weighted by Gasteiger charge is 2.26. The van der Waals surface area contributed by atoms with E-state index in [0.717, 1.165) is 55.5 Å². The van der Waals surface area contributed by atoms with Crippen molar-refractivity contribution in [3.05, 3.63) is 47.9 Å². The van der Waals surface area contributed by atoms with Crippen LogP contribution in [0.3, 0.4) is 0 Å². The van der Waals surface area contributed by atoms with Crippen molar-refractivity contribution in [3.8, 4) is 0 Å². The van der Waals surface area contributed by atoms with Crippen molar-refractivity contribution in [2.75, 3.05) is 13.1 Å². The second-order valence-corrected chi connectivity index (χ2v) is 8.01. The van der Waals surface area contributed by atoms with Gasteiger partial charge in [-0.05, 0) is 44.1 Å². The molecule has 0 spiro atoms. The number of piperidine rings is 1. The van der Waals surface area contributed by atoms with E-state index in [1.54, 1.807) is 12.4 Å². The Hall–Kier alpha value is -2.41. The van der Waals surface area contributed by atoms with E-state index in [2.05, 4.69) is 51.9 Å². The molecule has 0 saturated carbocycles. The zero-order chi connectivity index (χ0) is 18.1. The van der Waals surface area contributed by atoms with Gasteiger partial charge in [-0.15, -0.1) is 10.2 Å². The van der Waals surface area contributed by atoms with Gasteiger partial charge in [-0.25, -0.2) is 9.97 Å². The van der Waals surface area contributed by atoms with Crippen molar-refractivity contribution >= 4 is 5.65 Å². The minimum Gasteiger partial charge on any atom is -0.296 e. The Balaban J connectivity index is 1.49. The van der Waals surface area contributed by atoms with Gasteiger partial charge in [-0.2, -0.15) is 9.61 Å². The summed E-state index contributed by atoms with van der Waals surface area (Å²) < 4.78 is 1.95. The lowest BCUT2D eigenvalue weighted by Crippen LogP contribution is -2.33. The van der Waals surface area contributed by atoms with Crippen LogP contribution in [0.5, 0.6) is 0 Å². The highest BCUT2D eigenvalue weighted by molar-refractivity contribution is 5.37. The first kappa shape index (κ1) is 17.0. The Kier molecular flexibility index (Phi) is 4.40. The topological polar surface area (TPSA) is 72.1 Å². The van der Waals surface area contributed by atoms with Gasteiger partial charge in [-0.3, -0.25) is 4.90 Å². The third-order valence-electron chi connectivity index (χ3n) is 4.99. The molecule has 1 fully saturated rings. The quantitative estimate of drug-likeness (QED) is 0.722. The summed E-state index contributed by atoms with van der Waals surface area (Å²) in [5.74, 6) is 2.26. The fourth-order valence-electron chi connectivity index (χ4n) is 3.42. The molecule has 4 rings (SSSR count). The van der Waals surface area contributed by atoms with Gasteiger partial charge in [0.2, 0.25) is 0 Å². The highest BCUT2D eigenvalue weighted by atomic mass is 15.4. The average molecular weight is 351 g/mol. The Morgan fingerprint density at radius 3 is 2.46 bits per heavy atom. The van der Waals surface area contributed by atoms with Crippen molar-refractivity contribution in [2.45, 2.75) is 51.5 Å². The monoisotopic (exact) mass is 351 g/mol. The summed E-state index contributed by atoms with van der Waals surface area (Å²) in [5, 5.41) is 13.6. The van der Waals surface area contributed by atoms with E-state index in [-0.39, 0.29) is 5.41 Å². The lowest BCUT2D eigenvalue weighted by Gasteiger charge is -2.30. The third kappa shape index (κ3) is 3.44. The molecule has 4 heterocycles. The van der Waals surface area contributed by atoms with Crippen LogP contribution in [0.15, 0.2) is 30.6 Å². The Bertz CT molecular complexity index is 874. The summed E-state index contributed by atoms with van der Waals surface area (Å²) >= 11 is 0. The van der Waals surface area contributed by atoms with Crippen LogP contribution in [0, 0.1) is 0 Å². The number of hydrogen-bond acceptors (Lipinski definition) is 6. The van der Waals surface area contributed by atoms with Gasteiger partial charge >= 0.3 is 0 Å². The predicted octanol–water partition coefficient (Wildman–Crippen LogP) is 2.59. The molecule has 0 aliphatic carbocycles. The molecule has 3 aromatic heterocycles. The lowest BCUT2D eigenvalue weighted by molar-refractivity contribution is 0.196. The molecule has 0 amide bonds. The van der Waals surface area contributed by atoms with Crippen LogP contribution in [0.2, 0.25) is 0 Å². The first-order chi connectivity index (χ1) is 12.5. The molecule has 1 aliphatic rings. The molecule has 26 heavy (non-hydrogen) atoms. The van der Waals surface area contributed by atoms with Crippen LogP contribution in [0.4, 0.5) is 0 Å². The van der Waals surface area contributed by atoms with Crippen LogP contribution >= 0.6 is 0 Å². The smallest absolute Gasteiger partial charge is 0.177 e. The summed E-state index contributed by atoms with van der Waals surface area (Å²) in [6.07, 6.45) is 5.70. The van der Waals surface area contributed by atoms with E-state index < -0.39 is 0 Å². The molecule has 136 valence electrons. The van der Waals surface area contributed by atoms with Gasteiger partial charge in [0, 0.05) is 23.7 Å². The van der Waals surface area contributed by atoms with Gasteiger partial charge in [-0.1, -0.05) is 20.8 Å². The third-order valence-corrected chi connectivity index (χ3v) is 4.99. The lowest BCUT2D eigenvalue weighted by atomic mass is 9.92. The number of fused-ring (bicyclic) bond motifs is 1. The number of likely N-dealkylation sites (tertiary alicyclic amines) is 1. The second-order valence-electron chi connectivity index (χ2n) is 8.01. The first-order valence-electron chi connectivity index (χ1n) is 9.22. The summed E-state index contributed by atoms with van der Waals surface area (Å²) in [4.78, 5) is 11.1. The fourth-order valence-corrected chi connectivity index (χ4v) is 3.42. The van der Waals surface area contributed by atoms with E-state index in [1.165, 1.54) is 0 Å². The molecule has 1 saturated heterocycles. The maximum atomic E-state index is 4.83. The molecule has 0 aromatic carbocycles. The summed E-state index contributed by atoms with van der Waals surface area (Å²) in [5.41, 5.74) is 1.90. The number of aromatic nitrogens is 6. The number of rotatable bonds is 3. The molecule has 0 bridgehead atoms. The Labute approximate surface area is 153 Å². The predicted molar refractivity (Wildman–Crippen MR) is 98.8 cm³/mol. The van der Waals surface area contributed by atoms with Crippen molar-refractivity contribution < 1.29 is 0 Å². The highest BCUT2D eigenvalue weighted by Crippen LogP contribution is 2.28. The van der Waals surface area contributed by atoms with Gasteiger partial charge in [0.1, 0.15) is 5.82 Å². The molecule has 0 N–H and O–H groups in total. The van der Waals surface area contributed by atoms with Crippen LogP contribution in [-0.2, 0) is 12.0 Å². The van der Waals surface area contributed by atoms with E-state index in [4.69, 9.17) is 5.10 Å². The number of hydrogen-bond donors (Lipinski definition) is 0. The summed E-state index contributed by atoms with van der Waals surface area (Å²) in [6.45, 7) is 9.36. The molecule has 7 nitrogen and oxygen atoms in total. The van der Waals surface area contributed by atoms with Crippen molar-refractivity contribution in [1.82, 2.24) is 34.7 Å². The van der Waals surface area contributed by atoms with Crippen molar-refractivity contribution in [1.29, 1.82) is 0 Å². The first-order valence-corrected chi connectivity index (χ1v) is 9.22. The van der Waals surface area contributed by atoms with E-state index in [9.17, 15) is 0 Å². The zero-order valence-electron chi connectivity index (χ0n) is 15.6. The standard InChI is InChI=1S/C19H25N7/c1-19(2,3)15-5-6-17-22-23-18(26(17)24-15)14-7-11-25(12-8-14)13-16-20-9-4-10-21-16/h4-6,9-10,14H,7-8,11-13H2,1-3H3. The SMILES string of the molecule is CC(C)(C)c1ccc2nnc(C3CCN(Cc4ncccn4)CC3)n2n1. The molecular formula is C19H25N7. The molecule has 0 unspecified atom stereocenters. The molecule has 0 atom stereocenters. The van der Waals surface area contributed by atoms with Gasteiger partial charge < -0.3 is 0 Å². The summed E-state index contributed by atoms with van der Waals surface area (Å²) in [6, 6.07) is 5.92. The van der Waals surface area contributed by atoms with E-state index in [1.807, 2.05) is 16.6 Å². The van der Waals surface area contributed by atoms with E-state index >= 15 is 0 Å². The average Bonchev–Trinajstić information content (AvgIpc) is 3.06. The maximum Gasteiger partial charge on any atom is 0.177 e.